The Balaban J connectivity index is 2.52. The molecule has 0 unspecified atom stereocenters. The third-order valence-electron chi connectivity index (χ3n) is 1.43. The molecule has 1 aromatic carbocycles. The topological polar surface area (TPSA) is 29.1 Å². The van der Waals surface area contributed by atoms with Gasteiger partial charge in [-0.05, 0) is 24.3 Å². The van der Waals surface area contributed by atoms with E-state index in [9.17, 15) is 4.79 Å². The summed E-state index contributed by atoms with van der Waals surface area (Å²) in [7, 11) is 0. The van der Waals surface area contributed by atoms with Crippen LogP contribution < -0.4 is 5.32 Å². The van der Waals surface area contributed by atoms with Crippen molar-refractivity contribution in [3.63, 3.8) is 0 Å². The number of benzene rings is 1. The van der Waals surface area contributed by atoms with Crippen molar-refractivity contribution in [3.05, 3.63) is 29.3 Å². The van der Waals surface area contributed by atoms with Crippen LogP contribution in [-0.4, -0.2) is 10.5 Å². The van der Waals surface area contributed by atoms with Gasteiger partial charge in [-0.1, -0.05) is 37.2 Å². The largest absolute Gasteiger partial charge is 0.317 e. The smallest absolute Gasteiger partial charge is 0.283 e. The molecule has 0 aromatic heterocycles. The van der Waals surface area contributed by atoms with Gasteiger partial charge in [0, 0.05) is 16.0 Å². The van der Waals surface area contributed by atoms with Crippen LogP contribution in [0.4, 0.5) is 10.5 Å². The number of carbonyl (C=O) groups is 1. The van der Waals surface area contributed by atoms with Crippen LogP contribution in [0.1, 0.15) is 13.8 Å². The standard InChI is InChI=1S/C10H12ClNOS/c1-7(2)14-10(13)12-9-5-3-8(11)4-6-9/h3-7H,1-2H3,(H,12,13). The number of hydrogen-bond acceptors (Lipinski definition) is 2. The molecule has 0 spiro atoms. The molecule has 0 saturated carbocycles. The molecule has 1 rings (SSSR count). The molecule has 0 bridgehead atoms. The number of hydrogen-bond donors (Lipinski definition) is 1. The second-order valence-electron chi connectivity index (χ2n) is 3.09. The number of nitrogens with one attached hydrogen (secondary N) is 1. The van der Waals surface area contributed by atoms with E-state index < -0.39 is 0 Å². The number of carbonyl (C=O) groups excluding carboxylic acids is 1. The van der Waals surface area contributed by atoms with Gasteiger partial charge < -0.3 is 5.32 Å². The molecule has 2 nitrogen and oxygen atoms in total. The van der Waals surface area contributed by atoms with Gasteiger partial charge in [-0.2, -0.15) is 0 Å². The molecule has 14 heavy (non-hydrogen) atoms. The van der Waals surface area contributed by atoms with Crippen molar-refractivity contribution in [2.75, 3.05) is 5.32 Å². The van der Waals surface area contributed by atoms with E-state index in [1.807, 2.05) is 13.8 Å². The molecule has 0 aliphatic heterocycles. The summed E-state index contributed by atoms with van der Waals surface area (Å²) in [6, 6.07) is 7.05. The van der Waals surface area contributed by atoms with Crippen LogP contribution in [0.2, 0.25) is 5.02 Å². The molecule has 1 amide bonds. The van der Waals surface area contributed by atoms with Gasteiger partial charge in [-0.25, -0.2) is 0 Å². The van der Waals surface area contributed by atoms with Crippen molar-refractivity contribution in [1.82, 2.24) is 0 Å². The summed E-state index contributed by atoms with van der Waals surface area (Å²) in [4.78, 5) is 11.3. The Kier molecular flexibility index (Phi) is 4.29. The summed E-state index contributed by atoms with van der Waals surface area (Å²) in [6.45, 7) is 3.96. The highest BCUT2D eigenvalue weighted by atomic mass is 35.5. The maximum atomic E-state index is 11.3. The third kappa shape index (κ3) is 4.03. The molecule has 0 aliphatic rings. The monoisotopic (exact) mass is 229 g/mol. The minimum Gasteiger partial charge on any atom is -0.317 e. The Bertz CT molecular complexity index is 310. The second kappa shape index (κ2) is 5.27. The molecule has 0 radical (unpaired) electrons. The van der Waals surface area contributed by atoms with Crippen LogP contribution in [0.25, 0.3) is 0 Å². The lowest BCUT2D eigenvalue weighted by Crippen LogP contribution is -2.07. The van der Waals surface area contributed by atoms with Crippen molar-refractivity contribution in [1.29, 1.82) is 0 Å². The maximum absolute atomic E-state index is 11.3. The minimum atomic E-state index is -0.0395. The predicted molar refractivity (Wildman–Crippen MR) is 63.2 cm³/mol. The normalized spacial score (nSPS) is 10.3. The Morgan fingerprint density at radius 1 is 1.36 bits per heavy atom. The summed E-state index contributed by atoms with van der Waals surface area (Å²) in [6.07, 6.45) is 0. The quantitative estimate of drug-likeness (QED) is 0.830. The number of halogens is 1. The van der Waals surface area contributed by atoms with E-state index >= 15 is 0 Å². The summed E-state index contributed by atoms with van der Waals surface area (Å²) in [5, 5.41) is 3.69. The van der Waals surface area contributed by atoms with E-state index in [2.05, 4.69) is 5.32 Å². The van der Waals surface area contributed by atoms with Crippen LogP contribution in [0.3, 0.4) is 0 Å². The zero-order chi connectivity index (χ0) is 10.6. The van der Waals surface area contributed by atoms with Gasteiger partial charge in [-0.15, -0.1) is 0 Å². The molecule has 0 atom stereocenters. The first-order valence-electron chi connectivity index (χ1n) is 4.31. The molecule has 0 heterocycles. The second-order valence-corrected chi connectivity index (χ2v) is 5.07. The first kappa shape index (κ1) is 11.4. The van der Waals surface area contributed by atoms with Crippen LogP contribution >= 0.6 is 23.4 Å². The van der Waals surface area contributed by atoms with E-state index in [-0.39, 0.29) is 5.24 Å². The summed E-state index contributed by atoms with van der Waals surface area (Å²) in [5.74, 6) is 0. The van der Waals surface area contributed by atoms with Crippen molar-refractivity contribution in [2.45, 2.75) is 19.1 Å². The molecule has 0 aliphatic carbocycles. The zero-order valence-electron chi connectivity index (χ0n) is 8.08. The average Bonchev–Trinajstić information content (AvgIpc) is 2.07. The minimum absolute atomic E-state index is 0.0395. The summed E-state index contributed by atoms with van der Waals surface area (Å²) < 4.78 is 0. The Hall–Kier alpha value is -0.670. The highest BCUT2D eigenvalue weighted by molar-refractivity contribution is 8.14. The van der Waals surface area contributed by atoms with E-state index in [1.165, 1.54) is 11.8 Å². The Labute approximate surface area is 93.0 Å². The Morgan fingerprint density at radius 2 is 1.93 bits per heavy atom. The van der Waals surface area contributed by atoms with Gasteiger partial charge in [0.1, 0.15) is 0 Å². The predicted octanol–water partition coefficient (Wildman–Crippen LogP) is 4.01. The number of amides is 1. The summed E-state index contributed by atoms with van der Waals surface area (Å²) >= 11 is 6.99. The average molecular weight is 230 g/mol. The number of rotatable bonds is 2. The number of thioether (sulfide) groups is 1. The lowest BCUT2D eigenvalue weighted by atomic mass is 10.3. The molecule has 76 valence electrons. The van der Waals surface area contributed by atoms with E-state index in [1.54, 1.807) is 24.3 Å². The van der Waals surface area contributed by atoms with Gasteiger partial charge in [0.2, 0.25) is 0 Å². The van der Waals surface area contributed by atoms with Crippen molar-refractivity contribution in [2.24, 2.45) is 0 Å². The van der Waals surface area contributed by atoms with Gasteiger partial charge >= 0.3 is 0 Å². The molecular formula is C10H12ClNOS. The van der Waals surface area contributed by atoms with Gasteiger partial charge in [0.15, 0.2) is 0 Å². The fourth-order valence-corrected chi connectivity index (χ4v) is 1.63. The highest BCUT2D eigenvalue weighted by Crippen LogP contribution is 2.17. The van der Waals surface area contributed by atoms with Gasteiger partial charge in [0.25, 0.3) is 5.24 Å². The van der Waals surface area contributed by atoms with Gasteiger partial charge in [0.05, 0.1) is 0 Å². The molecule has 0 saturated heterocycles. The maximum Gasteiger partial charge on any atom is 0.283 e. The van der Waals surface area contributed by atoms with Crippen LogP contribution in [0.15, 0.2) is 24.3 Å². The first-order chi connectivity index (χ1) is 6.58. The molecular weight excluding hydrogens is 218 g/mol. The van der Waals surface area contributed by atoms with E-state index in [0.29, 0.717) is 10.3 Å². The van der Waals surface area contributed by atoms with Crippen molar-refractivity contribution < 1.29 is 4.79 Å². The summed E-state index contributed by atoms with van der Waals surface area (Å²) in [5.41, 5.74) is 0.771. The van der Waals surface area contributed by atoms with Crippen LogP contribution in [0.5, 0.6) is 0 Å². The van der Waals surface area contributed by atoms with E-state index in [0.717, 1.165) is 5.69 Å². The van der Waals surface area contributed by atoms with Crippen LogP contribution in [-0.2, 0) is 0 Å². The third-order valence-corrected chi connectivity index (χ3v) is 2.47. The van der Waals surface area contributed by atoms with Crippen LogP contribution in [0, 0.1) is 0 Å². The Morgan fingerprint density at radius 3 is 2.43 bits per heavy atom. The first-order valence-corrected chi connectivity index (χ1v) is 5.57. The van der Waals surface area contributed by atoms with Crippen molar-refractivity contribution in [3.8, 4) is 0 Å². The number of anilines is 1. The lowest BCUT2D eigenvalue weighted by Gasteiger charge is -2.06. The fraction of sp³-hybridized carbons (Fsp3) is 0.300. The molecule has 4 heteroatoms. The molecule has 0 fully saturated rings. The fourth-order valence-electron chi connectivity index (χ4n) is 0.895. The van der Waals surface area contributed by atoms with Gasteiger partial charge in [-0.3, -0.25) is 4.79 Å². The molecule has 1 aromatic rings. The highest BCUT2D eigenvalue weighted by Gasteiger charge is 2.05. The molecule has 1 N–H and O–H groups in total. The van der Waals surface area contributed by atoms with Crippen molar-refractivity contribution >= 4 is 34.3 Å². The van der Waals surface area contributed by atoms with E-state index in [4.69, 9.17) is 11.6 Å². The lowest BCUT2D eigenvalue weighted by molar-refractivity contribution is 0.269. The zero-order valence-corrected chi connectivity index (χ0v) is 9.65. The SMILES string of the molecule is CC(C)SC(=O)Nc1ccc(Cl)cc1.